The highest BCUT2D eigenvalue weighted by molar-refractivity contribution is 7.91. The van der Waals surface area contributed by atoms with Gasteiger partial charge in [0.2, 0.25) is 10.0 Å². The largest absolute Gasteiger partial charge is 0.482 e. The van der Waals surface area contributed by atoms with E-state index >= 15 is 0 Å². The van der Waals surface area contributed by atoms with E-state index in [1.54, 1.807) is 6.07 Å². The SMILES string of the molecule is NS(=O)(=O)c1ccc(C2=CC3(CCNCC3)Oc3ccccc32)s1. The standard InChI is InChI=1S/C17H18N2O3S2/c18-24(20,21)16-6-5-15(23-16)13-11-17(7-9-19-10-8-17)22-14-4-2-1-3-12(13)14/h1-6,11,19H,7-10H2,(H2,18,20,21). The number of rotatable bonds is 2. The van der Waals surface area contributed by atoms with Crippen LogP contribution in [0.25, 0.3) is 5.57 Å². The van der Waals surface area contributed by atoms with Crippen LogP contribution in [0, 0.1) is 0 Å². The molecule has 3 heterocycles. The molecule has 1 fully saturated rings. The Bertz CT molecular complexity index is 909. The second-order valence-electron chi connectivity index (χ2n) is 6.13. The fourth-order valence-electron chi connectivity index (χ4n) is 3.29. The minimum absolute atomic E-state index is 0.182. The summed E-state index contributed by atoms with van der Waals surface area (Å²) in [5.41, 5.74) is 1.68. The van der Waals surface area contributed by atoms with Gasteiger partial charge in [-0.1, -0.05) is 18.2 Å². The molecule has 1 saturated heterocycles. The van der Waals surface area contributed by atoms with Gasteiger partial charge in [-0.25, -0.2) is 13.6 Å². The normalized spacial score (nSPS) is 19.5. The number of sulfonamides is 1. The predicted octanol–water partition coefficient (Wildman–Crippen LogP) is 2.34. The molecule has 0 amide bonds. The third-order valence-corrected chi connectivity index (χ3v) is 7.03. The fourth-order valence-corrected chi connectivity index (χ4v) is 5.04. The first-order valence-electron chi connectivity index (χ1n) is 7.82. The maximum Gasteiger partial charge on any atom is 0.247 e. The van der Waals surface area contributed by atoms with E-state index in [2.05, 4.69) is 11.4 Å². The van der Waals surface area contributed by atoms with Crippen molar-refractivity contribution in [2.45, 2.75) is 22.7 Å². The van der Waals surface area contributed by atoms with Gasteiger partial charge in [-0.15, -0.1) is 11.3 Å². The molecule has 126 valence electrons. The molecule has 5 nitrogen and oxygen atoms in total. The molecular formula is C17H18N2O3S2. The van der Waals surface area contributed by atoms with Crippen molar-refractivity contribution in [1.82, 2.24) is 5.32 Å². The summed E-state index contributed by atoms with van der Waals surface area (Å²) in [6, 6.07) is 11.3. The number of hydrogen-bond donors (Lipinski definition) is 2. The first-order valence-corrected chi connectivity index (χ1v) is 10.2. The summed E-state index contributed by atoms with van der Waals surface area (Å²) < 4.78 is 29.7. The second-order valence-corrected chi connectivity index (χ2v) is 9.01. The van der Waals surface area contributed by atoms with Crippen LogP contribution < -0.4 is 15.2 Å². The first-order chi connectivity index (χ1) is 11.5. The van der Waals surface area contributed by atoms with Crippen molar-refractivity contribution in [3.05, 3.63) is 52.9 Å². The van der Waals surface area contributed by atoms with E-state index in [-0.39, 0.29) is 9.81 Å². The van der Waals surface area contributed by atoms with Crippen LogP contribution in [0.15, 0.2) is 46.7 Å². The topological polar surface area (TPSA) is 81.4 Å². The molecule has 24 heavy (non-hydrogen) atoms. The molecule has 2 aromatic rings. The van der Waals surface area contributed by atoms with Gasteiger partial charge in [0.15, 0.2) is 0 Å². The number of thiophene rings is 1. The smallest absolute Gasteiger partial charge is 0.247 e. The molecule has 2 aliphatic rings. The Labute approximate surface area is 145 Å². The van der Waals surface area contributed by atoms with E-state index in [0.29, 0.717) is 0 Å². The lowest BCUT2D eigenvalue weighted by Crippen LogP contribution is -2.46. The van der Waals surface area contributed by atoms with E-state index in [0.717, 1.165) is 47.7 Å². The molecule has 0 aliphatic carbocycles. The number of hydrogen-bond acceptors (Lipinski definition) is 5. The zero-order valence-corrected chi connectivity index (χ0v) is 14.6. The van der Waals surface area contributed by atoms with Crippen molar-refractivity contribution in [2.75, 3.05) is 13.1 Å². The van der Waals surface area contributed by atoms with Crippen LogP contribution in [0.1, 0.15) is 23.3 Å². The highest BCUT2D eigenvalue weighted by Crippen LogP contribution is 2.44. The summed E-state index contributed by atoms with van der Waals surface area (Å²) in [5.74, 6) is 0.849. The monoisotopic (exact) mass is 362 g/mol. The van der Waals surface area contributed by atoms with Crippen molar-refractivity contribution in [2.24, 2.45) is 5.14 Å². The zero-order chi connectivity index (χ0) is 16.8. The van der Waals surface area contributed by atoms with Gasteiger partial charge < -0.3 is 10.1 Å². The third-order valence-electron chi connectivity index (χ3n) is 4.47. The number of nitrogens with two attached hydrogens (primary N) is 1. The predicted molar refractivity (Wildman–Crippen MR) is 94.7 cm³/mol. The molecule has 1 spiro atoms. The van der Waals surface area contributed by atoms with Gasteiger partial charge in [0, 0.05) is 28.9 Å². The van der Waals surface area contributed by atoms with Gasteiger partial charge in [0.1, 0.15) is 15.6 Å². The fraction of sp³-hybridized carbons (Fsp3) is 0.294. The summed E-state index contributed by atoms with van der Waals surface area (Å²) in [6.45, 7) is 1.80. The summed E-state index contributed by atoms with van der Waals surface area (Å²) >= 11 is 1.20. The number of primary sulfonamides is 1. The van der Waals surface area contributed by atoms with Crippen LogP contribution in [0.5, 0.6) is 5.75 Å². The Hall–Kier alpha value is -1.67. The average Bonchev–Trinajstić information content (AvgIpc) is 3.05. The lowest BCUT2D eigenvalue weighted by Gasteiger charge is -2.39. The van der Waals surface area contributed by atoms with Crippen molar-refractivity contribution in [1.29, 1.82) is 0 Å². The Morgan fingerprint density at radius 2 is 1.88 bits per heavy atom. The molecule has 3 N–H and O–H groups in total. The highest BCUT2D eigenvalue weighted by atomic mass is 32.2. The van der Waals surface area contributed by atoms with Crippen molar-refractivity contribution in [3.63, 3.8) is 0 Å². The lowest BCUT2D eigenvalue weighted by molar-refractivity contribution is 0.0817. The van der Waals surface area contributed by atoms with Crippen LogP contribution >= 0.6 is 11.3 Å². The van der Waals surface area contributed by atoms with Gasteiger partial charge in [0.25, 0.3) is 0 Å². The van der Waals surface area contributed by atoms with Crippen LogP contribution in [0.3, 0.4) is 0 Å². The van der Waals surface area contributed by atoms with Crippen molar-refractivity contribution >= 4 is 26.9 Å². The lowest BCUT2D eigenvalue weighted by atomic mass is 9.85. The second kappa shape index (κ2) is 5.70. The number of ether oxygens (including phenoxy) is 1. The maximum atomic E-state index is 11.6. The Balaban J connectivity index is 1.85. The van der Waals surface area contributed by atoms with Crippen molar-refractivity contribution < 1.29 is 13.2 Å². The summed E-state index contributed by atoms with van der Waals surface area (Å²) in [6.07, 6.45) is 3.94. The molecule has 1 aromatic carbocycles. The Morgan fingerprint density at radius 3 is 2.58 bits per heavy atom. The van der Waals surface area contributed by atoms with Crippen LogP contribution in [0.2, 0.25) is 0 Å². The van der Waals surface area contributed by atoms with Crippen LogP contribution in [-0.2, 0) is 10.0 Å². The molecule has 0 atom stereocenters. The Kier molecular flexibility index (Phi) is 3.76. The molecule has 0 saturated carbocycles. The molecular weight excluding hydrogens is 344 g/mol. The number of benzene rings is 1. The number of piperidine rings is 1. The minimum atomic E-state index is -3.68. The zero-order valence-electron chi connectivity index (χ0n) is 13.0. The van der Waals surface area contributed by atoms with E-state index in [9.17, 15) is 8.42 Å². The van der Waals surface area contributed by atoms with E-state index < -0.39 is 10.0 Å². The van der Waals surface area contributed by atoms with Gasteiger partial charge >= 0.3 is 0 Å². The summed E-state index contributed by atoms with van der Waals surface area (Å²) in [4.78, 5) is 0.896. The van der Waals surface area contributed by atoms with E-state index in [4.69, 9.17) is 9.88 Å². The van der Waals surface area contributed by atoms with Crippen LogP contribution in [0.4, 0.5) is 0 Å². The number of para-hydroxylation sites is 1. The number of nitrogens with one attached hydrogen (secondary N) is 1. The maximum absolute atomic E-state index is 11.6. The minimum Gasteiger partial charge on any atom is -0.482 e. The van der Waals surface area contributed by atoms with Gasteiger partial charge in [-0.3, -0.25) is 0 Å². The first kappa shape index (κ1) is 15.8. The molecule has 0 bridgehead atoms. The van der Waals surface area contributed by atoms with E-state index in [1.807, 2.05) is 30.3 Å². The molecule has 0 radical (unpaired) electrons. The third kappa shape index (κ3) is 2.77. The molecule has 2 aliphatic heterocycles. The molecule has 7 heteroatoms. The molecule has 1 aromatic heterocycles. The van der Waals surface area contributed by atoms with Crippen molar-refractivity contribution in [3.8, 4) is 5.75 Å². The quantitative estimate of drug-likeness (QED) is 0.859. The van der Waals surface area contributed by atoms with Gasteiger partial charge in [-0.05, 0) is 37.4 Å². The van der Waals surface area contributed by atoms with Crippen LogP contribution in [-0.4, -0.2) is 27.1 Å². The van der Waals surface area contributed by atoms with Gasteiger partial charge in [0.05, 0.1) is 0 Å². The summed E-state index contributed by atoms with van der Waals surface area (Å²) in [7, 11) is -3.68. The average molecular weight is 362 g/mol. The van der Waals surface area contributed by atoms with E-state index in [1.165, 1.54) is 11.3 Å². The highest BCUT2D eigenvalue weighted by Gasteiger charge is 2.37. The van der Waals surface area contributed by atoms with Gasteiger partial charge in [-0.2, -0.15) is 0 Å². The molecule has 0 unspecified atom stereocenters. The molecule has 4 rings (SSSR count). The number of fused-ring (bicyclic) bond motifs is 1. The summed E-state index contributed by atoms with van der Waals surface area (Å²) in [5, 5.41) is 8.62. The Morgan fingerprint density at radius 1 is 1.12 bits per heavy atom.